The zero-order valence-electron chi connectivity index (χ0n) is 35.0. The third-order valence-electron chi connectivity index (χ3n) is 12.2. The van der Waals surface area contributed by atoms with Crippen LogP contribution in [0.2, 0.25) is 0 Å². The number of hydrogen-bond acceptors (Lipinski definition) is 10. The number of imide groups is 1. The maximum absolute atomic E-state index is 13.5. The highest BCUT2D eigenvalue weighted by Crippen LogP contribution is 2.28. The number of carbonyl (C=O) groups excluding carboxylic acids is 5. The van der Waals surface area contributed by atoms with E-state index in [0.717, 1.165) is 33.5 Å². The predicted octanol–water partition coefficient (Wildman–Crippen LogP) is 4.44. The van der Waals surface area contributed by atoms with E-state index in [4.69, 9.17) is 5.26 Å². The quantitative estimate of drug-likeness (QED) is 0.143. The third-order valence-corrected chi connectivity index (χ3v) is 12.2. The van der Waals surface area contributed by atoms with Gasteiger partial charge in [-0.1, -0.05) is 54.6 Å². The number of nitriles is 1. The number of anilines is 2. The van der Waals surface area contributed by atoms with Crippen LogP contribution in [0.3, 0.4) is 0 Å². The van der Waals surface area contributed by atoms with Crippen molar-refractivity contribution in [3.63, 3.8) is 0 Å². The summed E-state index contributed by atoms with van der Waals surface area (Å²) in [5.41, 5.74) is 6.01. The Balaban J connectivity index is 0.774. The van der Waals surface area contributed by atoms with Gasteiger partial charge in [0.25, 0.3) is 0 Å². The number of piperidine rings is 2. The van der Waals surface area contributed by atoms with Gasteiger partial charge >= 0.3 is 0 Å². The van der Waals surface area contributed by atoms with E-state index in [2.05, 4.69) is 37.0 Å². The van der Waals surface area contributed by atoms with Gasteiger partial charge in [0.2, 0.25) is 29.5 Å². The Morgan fingerprint density at radius 2 is 1.56 bits per heavy atom. The molecule has 0 radical (unpaired) electrons. The molecule has 5 aromatic rings. The SMILES string of the molecule is N#Cc1ccc(CCNC(C(=O)Nc2ccc(-c3cnn(CC(=O)N4CCC(C(=O)N5CCN(c6ccc(C7CCC(=O)NC7=O)cc6)CC5)CC4)c3)cn2)c2ccccc2)cc1. The van der Waals surface area contributed by atoms with Gasteiger partial charge in [0, 0.05) is 87.4 Å². The molecule has 8 rings (SSSR count). The Bertz CT molecular complexity index is 2450. The summed E-state index contributed by atoms with van der Waals surface area (Å²) < 4.78 is 1.61. The van der Waals surface area contributed by atoms with E-state index in [0.29, 0.717) is 89.3 Å². The van der Waals surface area contributed by atoms with Crippen molar-refractivity contribution in [2.45, 2.75) is 50.6 Å². The molecule has 322 valence electrons. The van der Waals surface area contributed by atoms with Crippen LogP contribution in [0, 0.1) is 17.2 Å². The number of likely N-dealkylation sites (tertiary alicyclic amines) is 1. The van der Waals surface area contributed by atoms with Crippen LogP contribution in [0.4, 0.5) is 11.5 Å². The number of amides is 5. The maximum atomic E-state index is 13.5. The molecule has 2 aromatic heterocycles. The van der Waals surface area contributed by atoms with Gasteiger partial charge in [0.05, 0.1) is 23.7 Å². The highest BCUT2D eigenvalue weighted by Gasteiger charge is 2.33. The summed E-state index contributed by atoms with van der Waals surface area (Å²) in [4.78, 5) is 74.7. The van der Waals surface area contributed by atoms with Gasteiger partial charge in [-0.2, -0.15) is 10.4 Å². The van der Waals surface area contributed by atoms with Gasteiger partial charge in [-0.3, -0.25) is 34.0 Å². The first-order valence-electron chi connectivity index (χ1n) is 21.5. The van der Waals surface area contributed by atoms with Gasteiger partial charge in [-0.25, -0.2) is 4.98 Å². The second-order valence-electron chi connectivity index (χ2n) is 16.3. The summed E-state index contributed by atoms with van der Waals surface area (Å²) in [6.45, 7) is 4.31. The molecule has 63 heavy (non-hydrogen) atoms. The van der Waals surface area contributed by atoms with E-state index in [-0.39, 0.29) is 47.9 Å². The molecule has 5 amide bonds. The van der Waals surface area contributed by atoms with E-state index in [9.17, 15) is 24.0 Å². The standard InChI is InChI=1S/C48H50N10O5/c49-28-34-8-6-33(7-9-34)18-21-50-45(36-4-2-1-3-5-36)47(62)53-42-16-12-38(29-51-42)39-30-52-58(31-39)32-44(60)56-22-19-37(20-23-56)48(63)57-26-24-55(25-27-57)40-13-10-35(11-14-40)41-15-17-43(59)54-46(41)61/h1-14,16,29-31,37,41,45,50H,15,17-27,32H2,(H,51,53,62)(H,54,59,61). The Kier molecular flexibility index (Phi) is 13.3. The number of pyridine rings is 1. The minimum Gasteiger partial charge on any atom is -0.368 e. The van der Waals surface area contributed by atoms with E-state index >= 15 is 0 Å². The van der Waals surface area contributed by atoms with E-state index in [1.807, 2.05) is 82.6 Å². The molecule has 3 aromatic carbocycles. The first-order valence-corrected chi connectivity index (χ1v) is 21.5. The maximum Gasteiger partial charge on any atom is 0.247 e. The van der Waals surface area contributed by atoms with Crippen molar-refractivity contribution < 1.29 is 24.0 Å². The molecule has 0 bridgehead atoms. The van der Waals surface area contributed by atoms with Gasteiger partial charge < -0.3 is 25.3 Å². The molecule has 3 aliphatic rings. The second kappa shape index (κ2) is 19.7. The second-order valence-corrected chi connectivity index (χ2v) is 16.3. The first-order chi connectivity index (χ1) is 30.7. The Morgan fingerprint density at radius 3 is 2.24 bits per heavy atom. The Labute approximate surface area is 366 Å². The van der Waals surface area contributed by atoms with Crippen LogP contribution in [0.5, 0.6) is 0 Å². The molecular formula is C48H50N10O5. The molecule has 0 spiro atoms. The smallest absolute Gasteiger partial charge is 0.247 e. The minimum atomic E-state index is -0.609. The van der Waals surface area contributed by atoms with Crippen molar-refractivity contribution in [1.29, 1.82) is 5.26 Å². The summed E-state index contributed by atoms with van der Waals surface area (Å²) in [6.07, 6.45) is 7.94. The fourth-order valence-corrected chi connectivity index (χ4v) is 8.54. The van der Waals surface area contributed by atoms with Crippen LogP contribution in [-0.2, 0) is 36.9 Å². The summed E-state index contributed by atoms with van der Waals surface area (Å²) in [5.74, 6) is -0.641. The summed E-state index contributed by atoms with van der Waals surface area (Å²) in [5, 5.41) is 22.2. The molecule has 3 N–H and O–H groups in total. The van der Waals surface area contributed by atoms with Crippen molar-refractivity contribution in [2.24, 2.45) is 5.92 Å². The number of piperazine rings is 1. The fourth-order valence-electron chi connectivity index (χ4n) is 8.54. The highest BCUT2D eigenvalue weighted by atomic mass is 16.2. The van der Waals surface area contributed by atoms with Gasteiger partial charge in [0.1, 0.15) is 18.4 Å². The summed E-state index contributed by atoms with van der Waals surface area (Å²) in [7, 11) is 0. The van der Waals surface area contributed by atoms with E-state index in [1.54, 1.807) is 41.5 Å². The average Bonchev–Trinajstić information content (AvgIpc) is 3.79. The van der Waals surface area contributed by atoms with Gasteiger partial charge in [-0.05, 0) is 78.8 Å². The van der Waals surface area contributed by atoms with Crippen LogP contribution < -0.4 is 20.9 Å². The number of aromatic nitrogens is 3. The number of carbonyl (C=O) groups is 5. The van der Waals surface area contributed by atoms with Crippen molar-refractivity contribution in [2.75, 3.05) is 56.0 Å². The van der Waals surface area contributed by atoms with Gasteiger partial charge in [0.15, 0.2) is 0 Å². The normalized spacial score (nSPS) is 17.4. The van der Waals surface area contributed by atoms with Crippen molar-refractivity contribution in [1.82, 2.24) is 35.2 Å². The number of rotatable bonds is 13. The minimum absolute atomic E-state index is 0.0533. The molecule has 5 heterocycles. The number of nitrogens with one attached hydrogen (secondary N) is 3. The number of nitrogens with zero attached hydrogens (tertiary/aromatic N) is 7. The lowest BCUT2D eigenvalue weighted by molar-refractivity contribution is -0.141. The zero-order valence-corrected chi connectivity index (χ0v) is 35.0. The first kappa shape index (κ1) is 42.5. The van der Waals surface area contributed by atoms with Crippen molar-refractivity contribution in [3.05, 3.63) is 132 Å². The molecule has 0 aliphatic carbocycles. The van der Waals surface area contributed by atoms with Crippen LogP contribution in [0.1, 0.15) is 59.9 Å². The lowest BCUT2D eigenvalue weighted by atomic mass is 9.90. The highest BCUT2D eigenvalue weighted by molar-refractivity contribution is 6.01. The molecule has 3 fully saturated rings. The van der Waals surface area contributed by atoms with E-state index in [1.165, 1.54) is 0 Å². The van der Waals surface area contributed by atoms with Gasteiger partial charge in [-0.15, -0.1) is 0 Å². The monoisotopic (exact) mass is 846 g/mol. The molecule has 15 nitrogen and oxygen atoms in total. The number of hydrogen-bond donors (Lipinski definition) is 3. The lowest BCUT2D eigenvalue weighted by Crippen LogP contribution is -2.52. The summed E-state index contributed by atoms with van der Waals surface area (Å²) >= 11 is 0. The fraction of sp³-hybridized carbons (Fsp3) is 0.333. The topological polar surface area (TPSA) is 186 Å². The molecule has 2 unspecified atom stereocenters. The van der Waals surface area contributed by atoms with Crippen LogP contribution in [0.15, 0.2) is 110 Å². The van der Waals surface area contributed by atoms with E-state index < -0.39 is 6.04 Å². The van der Waals surface area contributed by atoms with Crippen molar-refractivity contribution >= 4 is 41.0 Å². The molecule has 15 heteroatoms. The average molecular weight is 847 g/mol. The molecule has 0 saturated carbocycles. The Hall–Kier alpha value is -7.18. The lowest BCUT2D eigenvalue weighted by Gasteiger charge is -2.39. The molecule has 3 saturated heterocycles. The van der Waals surface area contributed by atoms with Crippen molar-refractivity contribution in [3.8, 4) is 17.2 Å². The third kappa shape index (κ3) is 10.5. The molecule has 3 aliphatic heterocycles. The Morgan fingerprint density at radius 1 is 0.810 bits per heavy atom. The van der Waals surface area contributed by atoms with Crippen LogP contribution >= 0.6 is 0 Å². The summed E-state index contributed by atoms with van der Waals surface area (Å²) in [6, 6.07) is 30.0. The molecule has 2 atom stereocenters. The molecular weight excluding hydrogens is 797 g/mol. The number of benzene rings is 3. The van der Waals surface area contributed by atoms with Crippen LogP contribution in [0.25, 0.3) is 11.1 Å². The predicted molar refractivity (Wildman–Crippen MR) is 236 cm³/mol. The zero-order chi connectivity index (χ0) is 43.7. The largest absolute Gasteiger partial charge is 0.368 e. The van der Waals surface area contributed by atoms with Crippen LogP contribution in [-0.4, -0.2) is 99.9 Å².